The molecule has 3 heterocycles. The fraction of sp³-hybridized carbons (Fsp3) is 0.200. The first-order valence-corrected chi connectivity index (χ1v) is 9.59. The maximum Gasteiger partial charge on any atom is 0.232 e. The van der Waals surface area contributed by atoms with Gasteiger partial charge in [0.25, 0.3) is 0 Å². The van der Waals surface area contributed by atoms with Gasteiger partial charge in [0.05, 0.1) is 15.7 Å². The molecule has 0 saturated carbocycles. The summed E-state index contributed by atoms with van der Waals surface area (Å²) in [5, 5.41) is 9.57. The molecule has 1 saturated heterocycles. The largest absolute Gasteiger partial charge is 0.311 e. The molecule has 0 radical (unpaired) electrons. The molecule has 28 heavy (non-hydrogen) atoms. The zero-order valence-electron chi connectivity index (χ0n) is 15.2. The van der Waals surface area contributed by atoms with Crippen molar-refractivity contribution in [2.24, 2.45) is 0 Å². The predicted molar refractivity (Wildman–Crippen MR) is 113 cm³/mol. The van der Waals surface area contributed by atoms with Gasteiger partial charge < -0.3 is 4.90 Å². The third kappa shape index (κ3) is 3.79. The normalized spacial score (nSPS) is 14.0. The smallest absolute Gasteiger partial charge is 0.232 e. The number of benzene rings is 1. The molecule has 1 aliphatic rings. The van der Waals surface area contributed by atoms with Crippen LogP contribution in [0.1, 0.15) is 17.0 Å². The van der Waals surface area contributed by atoms with E-state index >= 15 is 0 Å². The Morgan fingerprint density at radius 2 is 1.86 bits per heavy atom. The van der Waals surface area contributed by atoms with E-state index in [2.05, 4.69) is 9.97 Å². The molecule has 3 aromatic rings. The van der Waals surface area contributed by atoms with Gasteiger partial charge in [0.1, 0.15) is 0 Å². The SMILES string of the molecule is Cc1cc(Cc2cccnc2)nc(N2CCN(c3ccc(Cl)c(Cl)c3)C2=N)n1. The molecule has 0 unspecified atom stereocenters. The first-order chi connectivity index (χ1) is 13.5. The number of guanidine groups is 1. The van der Waals surface area contributed by atoms with E-state index in [0.717, 1.165) is 22.6 Å². The minimum Gasteiger partial charge on any atom is -0.311 e. The van der Waals surface area contributed by atoms with E-state index in [-0.39, 0.29) is 0 Å². The van der Waals surface area contributed by atoms with Crippen molar-refractivity contribution >= 4 is 40.8 Å². The molecule has 142 valence electrons. The van der Waals surface area contributed by atoms with Crippen LogP contribution in [0.3, 0.4) is 0 Å². The number of nitrogens with one attached hydrogen (secondary N) is 1. The van der Waals surface area contributed by atoms with Crippen molar-refractivity contribution < 1.29 is 0 Å². The number of aryl methyl sites for hydroxylation is 1. The van der Waals surface area contributed by atoms with E-state index in [0.29, 0.717) is 41.5 Å². The molecule has 1 aromatic carbocycles. The van der Waals surface area contributed by atoms with Crippen LogP contribution in [0.5, 0.6) is 0 Å². The maximum absolute atomic E-state index is 8.61. The molecule has 0 amide bonds. The van der Waals surface area contributed by atoms with Gasteiger partial charge in [-0.3, -0.25) is 15.3 Å². The Labute approximate surface area is 173 Å². The average molecular weight is 413 g/mol. The third-order valence-electron chi connectivity index (χ3n) is 4.52. The molecule has 0 aliphatic carbocycles. The molecule has 6 nitrogen and oxygen atoms in total. The molecule has 1 N–H and O–H groups in total. The first-order valence-electron chi connectivity index (χ1n) is 8.83. The highest BCUT2D eigenvalue weighted by molar-refractivity contribution is 6.42. The number of halogens is 2. The topological polar surface area (TPSA) is 69.0 Å². The molecule has 4 rings (SSSR count). The number of anilines is 2. The van der Waals surface area contributed by atoms with Crippen molar-refractivity contribution in [3.05, 3.63) is 75.8 Å². The molecule has 1 aliphatic heterocycles. The van der Waals surface area contributed by atoms with E-state index < -0.39 is 0 Å². The zero-order chi connectivity index (χ0) is 19.7. The quantitative estimate of drug-likeness (QED) is 0.689. The van der Waals surface area contributed by atoms with Crippen LogP contribution in [0.25, 0.3) is 0 Å². The molecular formula is C20H18Cl2N6. The minimum atomic E-state index is 0.316. The summed E-state index contributed by atoms with van der Waals surface area (Å²) in [7, 11) is 0. The second-order valence-electron chi connectivity index (χ2n) is 6.56. The number of pyridine rings is 1. The summed E-state index contributed by atoms with van der Waals surface area (Å²) in [4.78, 5) is 17.1. The maximum atomic E-state index is 8.61. The van der Waals surface area contributed by atoms with Gasteiger partial charge in [0, 0.05) is 43.3 Å². The average Bonchev–Trinajstić information content (AvgIpc) is 3.06. The third-order valence-corrected chi connectivity index (χ3v) is 5.26. The summed E-state index contributed by atoms with van der Waals surface area (Å²) < 4.78 is 0. The van der Waals surface area contributed by atoms with E-state index in [1.807, 2.05) is 47.2 Å². The molecule has 0 spiro atoms. The van der Waals surface area contributed by atoms with Crippen LogP contribution in [-0.2, 0) is 6.42 Å². The lowest BCUT2D eigenvalue weighted by Crippen LogP contribution is -2.33. The van der Waals surface area contributed by atoms with Gasteiger partial charge in [-0.05, 0) is 42.8 Å². The highest BCUT2D eigenvalue weighted by Crippen LogP contribution is 2.29. The minimum absolute atomic E-state index is 0.316. The Bertz CT molecular complexity index is 1020. The van der Waals surface area contributed by atoms with Crippen LogP contribution in [0.15, 0.2) is 48.8 Å². The van der Waals surface area contributed by atoms with E-state index in [4.69, 9.17) is 33.6 Å². The molecule has 1 fully saturated rings. The van der Waals surface area contributed by atoms with Crippen LogP contribution < -0.4 is 9.80 Å². The Balaban J connectivity index is 1.59. The van der Waals surface area contributed by atoms with E-state index in [9.17, 15) is 0 Å². The fourth-order valence-electron chi connectivity index (χ4n) is 3.20. The second kappa shape index (κ2) is 7.73. The molecule has 8 heteroatoms. The molecule has 2 aromatic heterocycles. The fourth-order valence-corrected chi connectivity index (χ4v) is 3.49. The van der Waals surface area contributed by atoms with Gasteiger partial charge >= 0.3 is 0 Å². The van der Waals surface area contributed by atoms with Crippen molar-refractivity contribution in [1.82, 2.24) is 15.0 Å². The Morgan fingerprint density at radius 1 is 1.04 bits per heavy atom. The summed E-state index contributed by atoms with van der Waals surface area (Å²) in [6, 6.07) is 11.3. The Hall–Kier alpha value is -2.70. The summed E-state index contributed by atoms with van der Waals surface area (Å²) >= 11 is 12.2. The zero-order valence-corrected chi connectivity index (χ0v) is 16.7. The van der Waals surface area contributed by atoms with Gasteiger partial charge in [-0.2, -0.15) is 0 Å². The Kier molecular flexibility index (Phi) is 5.15. The molecular weight excluding hydrogens is 395 g/mol. The molecule has 0 bridgehead atoms. The summed E-state index contributed by atoms with van der Waals surface area (Å²) in [5.74, 6) is 0.850. The van der Waals surface area contributed by atoms with Crippen molar-refractivity contribution in [3.8, 4) is 0 Å². The second-order valence-corrected chi connectivity index (χ2v) is 7.38. The lowest BCUT2D eigenvalue weighted by atomic mass is 10.1. The van der Waals surface area contributed by atoms with Crippen LogP contribution in [0.2, 0.25) is 10.0 Å². The van der Waals surface area contributed by atoms with Gasteiger partial charge in [0.15, 0.2) is 0 Å². The van der Waals surface area contributed by atoms with Crippen LogP contribution in [0.4, 0.5) is 11.6 Å². The van der Waals surface area contributed by atoms with Crippen molar-refractivity contribution in [2.45, 2.75) is 13.3 Å². The van der Waals surface area contributed by atoms with Gasteiger partial charge in [0.2, 0.25) is 11.9 Å². The van der Waals surface area contributed by atoms with Gasteiger partial charge in [-0.15, -0.1) is 0 Å². The van der Waals surface area contributed by atoms with Crippen LogP contribution >= 0.6 is 23.2 Å². The van der Waals surface area contributed by atoms with Gasteiger partial charge in [-0.25, -0.2) is 9.97 Å². The number of nitrogens with zero attached hydrogens (tertiary/aromatic N) is 5. The lowest BCUT2D eigenvalue weighted by Gasteiger charge is -2.21. The lowest BCUT2D eigenvalue weighted by molar-refractivity contribution is 0.927. The van der Waals surface area contributed by atoms with Crippen molar-refractivity contribution in [1.29, 1.82) is 5.41 Å². The van der Waals surface area contributed by atoms with Gasteiger partial charge in [-0.1, -0.05) is 29.3 Å². The van der Waals surface area contributed by atoms with Crippen molar-refractivity contribution in [2.75, 3.05) is 22.9 Å². The molecule has 0 atom stereocenters. The standard InChI is InChI=1S/C20H18Cl2N6/c1-13-9-15(10-14-3-2-6-24-12-14)26-20(25-13)28-8-7-27(19(28)23)16-4-5-17(21)18(22)11-16/h2-6,9,11-12,23H,7-8,10H2,1H3. The first kappa shape index (κ1) is 18.7. The van der Waals surface area contributed by atoms with E-state index in [1.54, 1.807) is 18.3 Å². The predicted octanol–water partition coefficient (Wildman–Crippen LogP) is 4.34. The summed E-state index contributed by atoms with van der Waals surface area (Å²) in [5.41, 5.74) is 3.67. The highest BCUT2D eigenvalue weighted by atomic mass is 35.5. The van der Waals surface area contributed by atoms with Crippen LogP contribution in [-0.4, -0.2) is 34.0 Å². The number of hydrogen-bond donors (Lipinski definition) is 1. The Morgan fingerprint density at radius 3 is 2.61 bits per heavy atom. The van der Waals surface area contributed by atoms with E-state index in [1.165, 1.54) is 0 Å². The summed E-state index contributed by atoms with van der Waals surface area (Å²) in [6.45, 7) is 3.20. The number of hydrogen-bond acceptors (Lipinski definition) is 4. The summed E-state index contributed by atoms with van der Waals surface area (Å²) in [6.07, 6.45) is 4.26. The highest BCUT2D eigenvalue weighted by Gasteiger charge is 2.29. The van der Waals surface area contributed by atoms with Crippen molar-refractivity contribution in [3.63, 3.8) is 0 Å². The monoisotopic (exact) mass is 412 g/mol. The number of rotatable bonds is 4. The van der Waals surface area contributed by atoms with Crippen LogP contribution in [0, 0.1) is 12.3 Å². The number of aromatic nitrogens is 3.